The van der Waals surface area contributed by atoms with E-state index in [0.29, 0.717) is 11.5 Å². The average Bonchev–Trinajstić information content (AvgIpc) is 2.84. The molecule has 15 heavy (non-hydrogen) atoms. The molecular formula is C13H24N2. The first kappa shape index (κ1) is 10.1. The van der Waals surface area contributed by atoms with Crippen molar-refractivity contribution >= 4 is 0 Å². The van der Waals surface area contributed by atoms with Crippen molar-refractivity contribution in [1.29, 1.82) is 0 Å². The first-order valence-corrected chi connectivity index (χ1v) is 6.72. The van der Waals surface area contributed by atoms with Crippen LogP contribution in [0.5, 0.6) is 0 Å². The maximum absolute atomic E-state index is 6.51. The van der Waals surface area contributed by atoms with Crippen LogP contribution in [0.3, 0.4) is 0 Å². The molecular weight excluding hydrogens is 184 g/mol. The zero-order chi connectivity index (χ0) is 10.5. The molecule has 2 nitrogen and oxygen atoms in total. The van der Waals surface area contributed by atoms with Gasteiger partial charge in [0.25, 0.3) is 0 Å². The third kappa shape index (κ3) is 1.31. The van der Waals surface area contributed by atoms with E-state index in [1.54, 1.807) is 0 Å². The van der Waals surface area contributed by atoms with E-state index in [-0.39, 0.29) is 0 Å². The molecule has 3 rings (SSSR count). The topological polar surface area (TPSA) is 52.0 Å². The Kier molecular flexibility index (Phi) is 2.33. The first-order valence-electron chi connectivity index (χ1n) is 6.72. The van der Waals surface area contributed by atoms with Gasteiger partial charge in [0.1, 0.15) is 0 Å². The second-order valence-electron chi connectivity index (χ2n) is 6.23. The minimum Gasteiger partial charge on any atom is -0.330 e. The van der Waals surface area contributed by atoms with Crippen molar-refractivity contribution in [2.24, 2.45) is 34.6 Å². The highest BCUT2D eigenvalue weighted by atomic mass is 14.8. The van der Waals surface area contributed by atoms with Crippen LogP contribution in [0.25, 0.3) is 0 Å². The standard InChI is InChI=1S/C13H24N2/c14-8-9-2-1-5-13(7-9)11-4-3-10(6-11)12(13)15/h9-12H,1-8,14-15H2/t9-,10?,11?,12-,13-/m1/s1. The predicted molar refractivity (Wildman–Crippen MR) is 62.3 cm³/mol. The van der Waals surface area contributed by atoms with E-state index in [4.69, 9.17) is 11.5 Å². The van der Waals surface area contributed by atoms with Crippen LogP contribution in [0, 0.1) is 23.2 Å². The zero-order valence-electron chi connectivity index (χ0n) is 9.62. The molecule has 5 atom stereocenters. The van der Waals surface area contributed by atoms with Crippen molar-refractivity contribution in [1.82, 2.24) is 0 Å². The summed E-state index contributed by atoms with van der Waals surface area (Å²) in [5.41, 5.74) is 12.9. The summed E-state index contributed by atoms with van der Waals surface area (Å²) in [4.78, 5) is 0. The Morgan fingerprint density at radius 2 is 2.07 bits per heavy atom. The fraction of sp³-hybridized carbons (Fsp3) is 1.00. The van der Waals surface area contributed by atoms with E-state index in [1.165, 1.54) is 44.9 Å². The Labute approximate surface area is 92.8 Å². The molecule has 3 saturated carbocycles. The average molecular weight is 208 g/mol. The predicted octanol–water partition coefficient (Wildman–Crippen LogP) is 1.88. The highest BCUT2D eigenvalue weighted by Crippen LogP contribution is 2.61. The van der Waals surface area contributed by atoms with Gasteiger partial charge in [0, 0.05) is 6.04 Å². The summed E-state index contributed by atoms with van der Waals surface area (Å²) >= 11 is 0. The molecule has 0 aromatic heterocycles. The maximum Gasteiger partial charge on any atom is 0.0127 e. The SMILES string of the molecule is NC[C@@H]1CCC[C@@]2(C1)C1CCC(C1)[C@H]2N. The van der Waals surface area contributed by atoms with Crippen LogP contribution in [0.15, 0.2) is 0 Å². The maximum atomic E-state index is 6.51. The minimum atomic E-state index is 0.505. The van der Waals surface area contributed by atoms with Crippen molar-refractivity contribution in [3.63, 3.8) is 0 Å². The normalized spacial score (nSPS) is 54.0. The molecule has 3 aliphatic rings. The summed E-state index contributed by atoms with van der Waals surface area (Å²) in [6.07, 6.45) is 9.74. The van der Waals surface area contributed by atoms with Gasteiger partial charge in [-0.3, -0.25) is 0 Å². The quantitative estimate of drug-likeness (QED) is 0.691. The molecule has 0 aromatic carbocycles. The van der Waals surface area contributed by atoms with Gasteiger partial charge in [0.2, 0.25) is 0 Å². The Bertz CT molecular complexity index is 249. The number of nitrogens with two attached hydrogens (primary N) is 2. The largest absolute Gasteiger partial charge is 0.330 e. The van der Waals surface area contributed by atoms with Crippen molar-refractivity contribution in [2.75, 3.05) is 6.54 Å². The van der Waals surface area contributed by atoms with Gasteiger partial charge >= 0.3 is 0 Å². The number of rotatable bonds is 1. The first-order chi connectivity index (χ1) is 7.26. The van der Waals surface area contributed by atoms with Crippen molar-refractivity contribution in [3.8, 4) is 0 Å². The van der Waals surface area contributed by atoms with Crippen LogP contribution in [0.2, 0.25) is 0 Å². The van der Waals surface area contributed by atoms with E-state index in [1.807, 2.05) is 0 Å². The van der Waals surface area contributed by atoms with Crippen LogP contribution in [-0.4, -0.2) is 12.6 Å². The van der Waals surface area contributed by atoms with E-state index in [9.17, 15) is 0 Å². The Hall–Kier alpha value is -0.0800. The van der Waals surface area contributed by atoms with Crippen LogP contribution < -0.4 is 11.5 Å². The number of fused-ring (bicyclic) bond motifs is 3. The van der Waals surface area contributed by atoms with Crippen LogP contribution in [0.1, 0.15) is 44.9 Å². The molecule has 4 N–H and O–H groups in total. The van der Waals surface area contributed by atoms with Crippen LogP contribution in [-0.2, 0) is 0 Å². The van der Waals surface area contributed by atoms with Crippen molar-refractivity contribution < 1.29 is 0 Å². The van der Waals surface area contributed by atoms with E-state index < -0.39 is 0 Å². The second-order valence-corrected chi connectivity index (χ2v) is 6.23. The lowest BCUT2D eigenvalue weighted by Crippen LogP contribution is -2.49. The van der Waals surface area contributed by atoms with E-state index >= 15 is 0 Å². The summed E-state index contributed by atoms with van der Waals surface area (Å²) in [6, 6.07) is 0.505. The molecule has 0 radical (unpaired) electrons. The monoisotopic (exact) mass is 208 g/mol. The lowest BCUT2D eigenvalue weighted by Gasteiger charge is -2.47. The Morgan fingerprint density at radius 1 is 1.20 bits per heavy atom. The van der Waals surface area contributed by atoms with Gasteiger partial charge in [0.05, 0.1) is 0 Å². The molecule has 86 valence electrons. The van der Waals surface area contributed by atoms with Gasteiger partial charge in [-0.25, -0.2) is 0 Å². The summed E-state index contributed by atoms with van der Waals surface area (Å²) in [7, 11) is 0. The van der Waals surface area contributed by atoms with E-state index in [0.717, 1.165) is 24.3 Å². The molecule has 1 spiro atoms. The molecule has 2 bridgehead atoms. The van der Waals surface area contributed by atoms with Gasteiger partial charge in [-0.05, 0) is 68.2 Å². The molecule has 2 unspecified atom stereocenters. The molecule has 0 aliphatic heterocycles. The molecule has 0 saturated heterocycles. The lowest BCUT2D eigenvalue weighted by atomic mass is 9.59. The van der Waals surface area contributed by atoms with Gasteiger partial charge in [0.15, 0.2) is 0 Å². The highest BCUT2D eigenvalue weighted by Gasteiger charge is 2.57. The molecule has 0 aromatic rings. The van der Waals surface area contributed by atoms with Crippen molar-refractivity contribution in [3.05, 3.63) is 0 Å². The molecule has 0 amide bonds. The molecule has 3 fully saturated rings. The Morgan fingerprint density at radius 3 is 2.73 bits per heavy atom. The third-order valence-corrected chi connectivity index (χ3v) is 5.71. The van der Waals surface area contributed by atoms with Gasteiger partial charge < -0.3 is 11.5 Å². The zero-order valence-corrected chi connectivity index (χ0v) is 9.62. The molecule has 3 aliphatic carbocycles. The molecule has 2 heteroatoms. The summed E-state index contributed by atoms with van der Waals surface area (Å²) in [5, 5.41) is 0. The van der Waals surface area contributed by atoms with Gasteiger partial charge in [-0.15, -0.1) is 0 Å². The summed E-state index contributed by atoms with van der Waals surface area (Å²) < 4.78 is 0. The highest BCUT2D eigenvalue weighted by molar-refractivity contribution is 5.10. The van der Waals surface area contributed by atoms with Crippen molar-refractivity contribution in [2.45, 2.75) is 51.0 Å². The van der Waals surface area contributed by atoms with Gasteiger partial charge in [-0.2, -0.15) is 0 Å². The van der Waals surface area contributed by atoms with Crippen LogP contribution >= 0.6 is 0 Å². The smallest absolute Gasteiger partial charge is 0.0127 e. The van der Waals surface area contributed by atoms with Gasteiger partial charge in [-0.1, -0.05) is 6.42 Å². The number of hydrogen-bond donors (Lipinski definition) is 2. The fourth-order valence-corrected chi connectivity index (χ4v) is 4.94. The lowest BCUT2D eigenvalue weighted by molar-refractivity contribution is 0.0505. The summed E-state index contributed by atoms with van der Waals surface area (Å²) in [6.45, 7) is 0.881. The fourth-order valence-electron chi connectivity index (χ4n) is 4.94. The third-order valence-electron chi connectivity index (χ3n) is 5.71. The number of hydrogen-bond acceptors (Lipinski definition) is 2. The Balaban J connectivity index is 1.83. The van der Waals surface area contributed by atoms with E-state index in [2.05, 4.69) is 0 Å². The van der Waals surface area contributed by atoms with Crippen LogP contribution in [0.4, 0.5) is 0 Å². The minimum absolute atomic E-state index is 0.505. The summed E-state index contributed by atoms with van der Waals surface area (Å²) in [5.74, 6) is 2.57. The second kappa shape index (κ2) is 3.46. The molecule has 0 heterocycles.